The van der Waals surface area contributed by atoms with Crippen LogP contribution >= 0.6 is 27.5 Å². The summed E-state index contributed by atoms with van der Waals surface area (Å²) < 4.78 is 11.6. The number of carbonyl (C=O) groups is 1. The second-order valence-corrected chi connectivity index (χ2v) is 6.39. The molecule has 0 radical (unpaired) electrons. The van der Waals surface area contributed by atoms with E-state index in [1.807, 2.05) is 36.4 Å². The highest BCUT2D eigenvalue weighted by Gasteiger charge is 2.06. The molecule has 2 aromatic carbocycles. The van der Waals surface area contributed by atoms with E-state index in [-0.39, 0.29) is 13.2 Å². The minimum atomic E-state index is -0.444. The van der Waals surface area contributed by atoms with E-state index in [1.54, 1.807) is 18.3 Å². The van der Waals surface area contributed by atoms with Crippen molar-refractivity contribution in [2.45, 2.75) is 6.61 Å². The lowest BCUT2D eigenvalue weighted by atomic mass is 10.1. The number of rotatable bonds is 5. The molecule has 0 saturated heterocycles. The fraction of sp³-hybridized carbons (Fsp3) is 0.111. The molecule has 1 aromatic heterocycles. The van der Waals surface area contributed by atoms with Crippen LogP contribution in [-0.2, 0) is 16.1 Å². The van der Waals surface area contributed by atoms with Crippen LogP contribution in [0.3, 0.4) is 0 Å². The van der Waals surface area contributed by atoms with E-state index in [2.05, 4.69) is 20.9 Å². The Bertz CT molecular complexity index is 868. The maximum atomic E-state index is 11.8. The van der Waals surface area contributed by atoms with Gasteiger partial charge in [-0.05, 0) is 41.1 Å². The van der Waals surface area contributed by atoms with Crippen LogP contribution in [0.2, 0.25) is 5.15 Å². The molecule has 4 nitrogen and oxygen atoms in total. The van der Waals surface area contributed by atoms with Crippen molar-refractivity contribution in [1.82, 2.24) is 4.98 Å². The summed E-state index contributed by atoms with van der Waals surface area (Å²) in [6.45, 7) is -0.0127. The molecule has 0 aliphatic heterocycles. The van der Waals surface area contributed by atoms with Gasteiger partial charge in [-0.1, -0.05) is 45.7 Å². The van der Waals surface area contributed by atoms with Crippen molar-refractivity contribution in [2.75, 3.05) is 6.61 Å². The summed E-state index contributed by atoms with van der Waals surface area (Å²) in [6, 6.07) is 15.0. The van der Waals surface area contributed by atoms with Crippen molar-refractivity contribution in [3.05, 3.63) is 69.9 Å². The number of fused-ring (bicyclic) bond motifs is 1. The second-order valence-electron chi connectivity index (χ2n) is 5.09. The van der Waals surface area contributed by atoms with Gasteiger partial charge < -0.3 is 9.47 Å². The molecule has 0 unspecified atom stereocenters. The highest BCUT2D eigenvalue weighted by molar-refractivity contribution is 9.10. The summed E-state index contributed by atoms with van der Waals surface area (Å²) in [5, 5.41) is 2.53. The second kappa shape index (κ2) is 7.64. The number of aromatic nitrogens is 1. The fourth-order valence-electron chi connectivity index (χ4n) is 2.12. The molecule has 122 valence electrons. The zero-order valence-corrected chi connectivity index (χ0v) is 14.9. The first-order valence-electron chi connectivity index (χ1n) is 7.18. The number of nitrogens with zero attached hydrogens (tertiary/aromatic N) is 1. The lowest BCUT2D eigenvalue weighted by Gasteiger charge is -2.08. The molecule has 0 atom stereocenters. The van der Waals surface area contributed by atoms with Crippen LogP contribution < -0.4 is 4.74 Å². The number of pyridine rings is 1. The third-order valence-corrected chi connectivity index (χ3v) is 4.04. The van der Waals surface area contributed by atoms with Crippen molar-refractivity contribution in [1.29, 1.82) is 0 Å². The van der Waals surface area contributed by atoms with E-state index in [9.17, 15) is 4.79 Å². The van der Waals surface area contributed by atoms with Crippen molar-refractivity contribution < 1.29 is 14.3 Å². The first-order chi connectivity index (χ1) is 11.6. The lowest BCUT2D eigenvalue weighted by molar-refractivity contribution is -0.147. The Balaban J connectivity index is 1.54. The summed E-state index contributed by atoms with van der Waals surface area (Å²) >= 11 is 9.14. The van der Waals surface area contributed by atoms with Crippen LogP contribution in [0.25, 0.3) is 10.8 Å². The Morgan fingerprint density at radius 3 is 2.67 bits per heavy atom. The Labute approximate surface area is 152 Å². The van der Waals surface area contributed by atoms with Crippen molar-refractivity contribution in [2.24, 2.45) is 0 Å². The zero-order valence-electron chi connectivity index (χ0n) is 12.5. The number of hydrogen-bond donors (Lipinski definition) is 0. The molecule has 6 heteroatoms. The monoisotopic (exact) mass is 405 g/mol. The third kappa shape index (κ3) is 4.46. The molecular weight excluding hydrogens is 394 g/mol. The van der Waals surface area contributed by atoms with Crippen LogP contribution in [0.5, 0.6) is 5.75 Å². The van der Waals surface area contributed by atoms with E-state index in [0.29, 0.717) is 10.9 Å². The molecule has 0 saturated carbocycles. The van der Waals surface area contributed by atoms with Crippen LogP contribution in [-0.4, -0.2) is 17.6 Å². The van der Waals surface area contributed by atoms with Gasteiger partial charge in [0.2, 0.25) is 0 Å². The van der Waals surface area contributed by atoms with Crippen LogP contribution in [0.4, 0.5) is 0 Å². The number of halogens is 2. The zero-order chi connectivity index (χ0) is 16.9. The molecule has 0 aliphatic rings. The minimum absolute atomic E-state index is 0.137. The van der Waals surface area contributed by atoms with Gasteiger partial charge in [0.1, 0.15) is 17.5 Å². The summed E-state index contributed by atoms with van der Waals surface area (Å²) in [7, 11) is 0. The van der Waals surface area contributed by atoms with Crippen molar-refractivity contribution in [3.63, 3.8) is 0 Å². The molecule has 24 heavy (non-hydrogen) atoms. The maximum absolute atomic E-state index is 11.8. The van der Waals surface area contributed by atoms with Gasteiger partial charge in [0.05, 0.1) is 0 Å². The number of carbonyl (C=O) groups excluding carboxylic acids is 1. The van der Waals surface area contributed by atoms with Gasteiger partial charge in [0.25, 0.3) is 0 Å². The predicted octanol–water partition coefficient (Wildman–Crippen LogP) is 4.77. The summed E-state index contributed by atoms with van der Waals surface area (Å²) in [5.41, 5.74) is 0.768. The van der Waals surface area contributed by atoms with Gasteiger partial charge in [-0.3, -0.25) is 0 Å². The van der Waals surface area contributed by atoms with E-state index < -0.39 is 5.97 Å². The first kappa shape index (κ1) is 16.7. The number of benzene rings is 2. The molecule has 1 heterocycles. The lowest BCUT2D eigenvalue weighted by Crippen LogP contribution is -2.14. The molecule has 3 aromatic rings. The highest BCUT2D eigenvalue weighted by Crippen LogP contribution is 2.24. The van der Waals surface area contributed by atoms with E-state index in [4.69, 9.17) is 21.1 Å². The van der Waals surface area contributed by atoms with Gasteiger partial charge in [0.15, 0.2) is 6.61 Å². The highest BCUT2D eigenvalue weighted by atomic mass is 79.9. The average Bonchev–Trinajstić information content (AvgIpc) is 2.59. The van der Waals surface area contributed by atoms with Crippen LogP contribution in [0.1, 0.15) is 5.56 Å². The Morgan fingerprint density at radius 1 is 1.08 bits per heavy atom. The van der Waals surface area contributed by atoms with Gasteiger partial charge in [-0.2, -0.15) is 0 Å². The van der Waals surface area contributed by atoms with Gasteiger partial charge in [0, 0.05) is 16.2 Å². The van der Waals surface area contributed by atoms with Crippen molar-refractivity contribution in [3.8, 4) is 5.75 Å². The number of hydrogen-bond acceptors (Lipinski definition) is 4. The molecule has 0 amide bonds. The minimum Gasteiger partial charge on any atom is -0.482 e. The molecular formula is C18H13BrClNO3. The van der Waals surface area contributed by atoms with E-state index in [1.165, 1.54) is 0 Å². The normalized spacial score (nSPS) is 10.6. The summed E-state index contributed by atoms with van der Waals surface area (Å²) in [5.74, 6) is 0.177. The van der Waals surface area contributed by atoms with Gasteiger partial charge in [-0.25, -0.2) is 9.78 Å². The Hall–Kier alpha value is -2.11. The van der Waals surface area contributed by atoms with Crippen LogP contribution in [0, 0.1) is 0 Å². The van der Waals surface area contributed by atoms with Gasteiger partial charge >= 0.3 is 5.97 Å². The predicted molar refractivity (Wildman–Crippen MR) is 96.2 cm³/mol. The van der Waals surface area contributed by atoms with Crippen molar-refractivity contribution >= 4 is 44.3 Å². The first-order valence-corrected chi connectivity index (χ1v) is 8.35. The Morgan fingerprint density at radius 2 is 1.88 bits per heavy atom. The quantitative estimate of drug-likeness (QED) is 0.452. The standard InChI is InChI=1S/C18H13BrClNO3/c19-15-4-2-14-8-16(5-3-13(14)7-15)23-11-18(22)24-10-12-1-6-17(20)21-9-12/h1-9H,10-11H2. The summed E-state index contributed by atoms with van der Waals surface area (Å²) in [4.78, 5) is 15.7. The van der Waals surface area contributed by atoms with E-state index >= 15 is 0 Å². The summed E-state index contributed by atoms with van der Waals surface area (Å²) in [6.07, 6.45) is 1.57. The number of esters is 1. The molecule has 0 bridgehead atoms. The molecule has 3 rings (SSSR count). The molecule has 0 N–H and O–H groups in total. The molecule has 0 spiro atoms. The maximum Gasteiger partial charge on any atom is 0.344 e. The third-order valence-electron chi connectivity index (χ3n) is 3.32. The number of ether oxygens (including phenoxy) is 2. The molecule has 0 fully saturated rings. The average molecular weight is 407 g/mol. The van der Waals surface area contributed by atoms with Crippen LogP contribution in [0.15, 0.2) is 59.2 Å². The fourth-order valence-corrected chi connectivity index (χ4v) is 2.61. The largest absolute Gasteiger partial charge is 0.482 e. The SMILES string of the molecule is O=C(COc1ccc2cc(Br)ccc2c1)OCc1ccc(Cl)nc1. The Kier molecular flexibility index (Phi) is 5.33. The smallest absolute Gasteiger partial charge is 0.344 e. The molecule has 0 aliphatic carbocycles. The van der Waals surface area contributed by atoms with E-state index in [0.717, 1.165) is 20.8 Å². The van der Waals surface area contributed by atoms with Gasteiger partial charge in [-0.15, -0.1) is 0 Å². The topological polar surface area (TPSA) is 48.4 Å².